The zero-order valence-corrected chi connectivity index (χ0v) is 12.0. The number of phenols is 1. The van der Waals surface area contributed by atoms with Crippen LogP contribution >= 0.6 is 0 Å². The molecule has 0 amide bonds. The molecule has 0 bridgehead atoms. The van der Waals surface area contributed by atoms with Crippen molar-refractivity contribution in [2.75, 3.05) is 5.32 Å². The van der Waals surface area contributed by atoms with Gasteiger partial charge >= 0.3 is 5.69 Å². The molecule has 0 unspecified atom stereocenters. The van der Waals surface area contributed by atoms with E-state index in [1.54, 1.807) is 31.2 Å². The van der Waals surface area contributed by atoms with Crippen molar-refractivity contribution in [3.63, 3.8) is 0 Å². The van der Waals surface area contributed by atoms with Gasteiger partial charge in [0.05, 0.1) is 5.69 Å². The minimum Gasteiger partial charge on any atom is -0.508 e. The third kappa shape index (κ3) is 2.98. The summed E-state index contributed by atoms with van der Waals surface area (Å²) in [4.78, 5) is 18.4. The highest BCUT2D eigenvalue weighted by Gasteiger charge is 2.06. The van der Waals surface area contributed by atoms with Gasteiger partial charge in [-0.15, -0.1) is 0 Å². The third-order valence-corrected chi connectivity index (χ3v) is 3.29. The Hall–Kier alpha value is -3.08. The van der Waals surface area contributed by atoms with Crippen LogP contribution in [0.2, 0.25) is 0 Å². The molecule has 110 valence electrons. The average Bonchev–Trinajstić information content (AvgIpc) is 2.50. The smallest absolute Gasteiger partial charge is 0.347 e. The van der Waals surface area contributed by atoms with E-state index in [1.165, 1.54) is 0 Å². The van der Waals surface area contributed by atoms with E-state index in [1.807, 2.05) is 30.3 Å². The summed E-state index contributed by atoms with van der Waals surface area (Å²) in [6, 6.07) is 16.4. The summed E-state index contributed by atoms with van der Waals surface area (Å²) in [6.07, 6.45) is 0. The zero-order valence-electron chi connectivity index (χ0n) is 12.0. The predicted molar refractivity (Wildman–Crippen MR) is 86.4 cm³/mol. The number of aromatic amines is 1. The van der Waals surface area contributed by atoms with Crippen LogP contribution in [0.1, 0.15) is 5.56 Å². The van der Waals surface area contributed by atoms with Crippen molar-refractivity contribution < 1.29 is 5.11 Å². The number of aromatic hydroxyl groups is 1. The minimum atomic E-state index is -0.429. The molecule has 5 nitrogen and oxygen atoms in total. The number of hydrogen-bond acceptors (Lipinski definition) is 4. The topological polar surface area (TPSA) is 78.0 Å². The molecule has 0 atom stereocenters. The molecule has 0 aliphatic rings. The van der Waals surface area contributed by atoms with Gasteiger partial charge in [-0.2, -0.15) is 4.98 Å². The number of aryl methyl sites for hydroxylation is 1. The molecular formula is C17H15N3O2. The van der Waals surface area contributed by atoms with E-state index in [0.29, 0.717) is 11.5 Å². The van der Waals surface area contributed by atoms with Gasteiger partial charge in [-0.25, -0.2) is 4.79 Å². The van der Waals surface area contributed by atoms with Gasteiger partial charge in [-0.3, -0.25) is 4.98 Å². The van der Waals surface area contributed by atoms with Gasteiger partial charge in [0.2, 0.25) is 0 Å². The highest BCUT2D eigenvalue weighted by atomic mass is 16.3. The second-order valence-electron chi connectivity index (χ2n) is 4.98. The van der Waals surface area contributed by atoms with E-state index >= 15 is 0 Å². The second kappa shape index (κ2) is 5.73. The molecular weight excluding hydrogens is 278 g/mol. The Bertz CT molecular complexity index is 857. The molecule has 5 heteroatoms. The molecule has 3 aromatic rings. The van der Waals surface area contributed by atoms with E-state index in [2.05, 4.69) is 15.3 Å². The Morgan fingerprint density at radius 2 is 1.86 bits per heavy atom. The van der Waals surface area contributed by atoms with Crippen molar-refractivity contribution >= 4 is 11.5 Å². The van der Waals surface area contributed by atoms with E-state index in [-0.39, 0.29) is 5.75 Å². The van der Waals surface area contributed by atoms with E-state index < -0.39 is 5.69 Å². The quantitative estimate of drug-likeness (QED) is 0.693. The summed E-state index contributed by atoms with van der Waals surface area (Å²) in [5.74, 6) is 0.781. The molecule has 0 radical (unpaired) electrons. The van der Waals surface area contributed by atoms with Crippen molar-refractivity contribution in [1.82, 2.24) is 9.97 Å². The summed E-state index contributed by atoms with van der Waals surface area (Å²) in [5, 5.41) is 12.7. The summed E-state index contributed by atoms with van der Waals surface area (Å²) in [6.45, 7) is 1.80. The van der Waals surface area contributed by atoms with Crippen LogP contribution in [-0.4, -0.2) is 15.1 Å². The average molecular weight is 293 g/mol. The molecule has 0 saturated heterocycles. The monoisotopic (exact) mass is 293 g/mol. The van der Waals surface area contributed by atoms with E-state index in [4.69, 9.17) is 0 Å². The second-order valence-corrected chi connectivity index (χ2v) is 4.98. The molecule has 0 spiro atoms. The summed E-state index contributed by atoms with van der Waals surface area (Å²) in [5.41, 5.74) is 2.50. The lowest BCUT2D eigenvalue weighted by Gasteiger charge is -2.08. The molecule has 1 heterocycles. The first-order valence-electron chi connectivity index (χ1n) is 6.85. The predicted octanol–water partition coefficient (Wildman–Crippen LogP) is 3.19. The normalized spacial score (nSPS) is 10.4. The van der Waals surface area contributed by atoms with Crippen molar-refractivity contribution in [2.24, 2.45) is 0 Å². The van der Waals surface area contributed by atoms with Gasteiger partial charge in [-0.05, 0) is 42.8 Å². The molecule has 2 aromatic carbocycles. The number of nitrogens with zero attached hydrogens (tertiary/aromatic N) is 1. The number of anilines is 2. The fraction of sp³-hybridized carbons (Fsp3) is 0.0588. The van der Waals surface area contributed by atoms with Crippen LogP contribution < -0.4 is 11.0 Å². The maximum atomic E-state index is 11.8. The highest BCUT2D eigenvalue weighted by molar-refractivity contribution is 5.66. The zero-order chi connectivity index (χ0) is 15.5. The summed E-state index contributed by atoms with van der Waals surface area (Å²) in [7, 11) is 0. The van der Waals surface area contributed by atoms with Gasteiger partial charge in [0.15, 0.2) is 0 Å². The van der Waals surface area contributed by atoms with Crippen LogP contribution in [0.3, 0.4) is 0 Å². The van der Waals surface area contributed by atoms with Crippen LogP contribution in [0, 0.1) is 6.92 Å². The fourth-order valence-electron chi connectivity index (χ4n) is 2.16. The van der Waals surface area contributed by atoms with Gasteiger partial charge < -0.3 is 10.4 Å². The Kier molecular flexibility index (Phi) is 3.62. The van der Waals surface area contributed by atoms with Gasteiger partial charge in [0.25, 0.3) is 0 Å². The molecule has 3 N–H and O–H groups in total. The van der Waals surface area contributed by atoms with Crippen molar-refractivity contribution in [1.29, 1.82) is 0 Å². The molecule has 1 aromatic heterocycles. The van der Waals surface area contributed by atoms with Gasteiger partial charge in [0, 0.05) is 17.3 Å². The van der Waals surface area contributed by atoms with Crippen molar-refractivity contribution in [2.45, 2.75) is 6.92 Å². The minimum absolute atomic E-state index is 0.219. The summed E-state index contributed by atoms with van der Waals surface area (Å²) < 4.78 is 0. The number of phenolic OH excluding ortho intramolecular Hbond substituents is 1. The third-order valence-electron chi connectivity index (χ3n) is 3.29. The Balaban J connectivity index is 1.99. The van der Waals surface area contributed by atoms with Crippen molar-refractivity contribution in [3.8, 4) is 17.0 Å². The number of rotatable bonds is 3. The first-order valence-corrected chi connectivity index (χ1v) is 6.85. The van der Waals surface area contributed by atoms with Gasteiger partial charge in [0.1, 0.15) is 11.6 Å². The molecule has 0 fully saturated rings. The first kappa shape index (κ1) is 13.9. The first-order chi connectivity index (χ1) is 10.6. The number of H-pyrrole nitrogens is 1. The van der Waals surface area contributed by atoms with Crippen LogP contribution in [0.15, 0.2) is 59.4 Å². The molecule has 0 aliphatic carbocycles. The van der Waals surface area contributed by atoms with E-state index in [0.717, 1.165) is 16.8 Å². The summed E-state index contributed by atoms with van der Waals surface area (Å²) >= 11 is 0. The SMILES string of the molecule is Cc1cc(-c2cc(Nc3ccccc3)[nH]c(=O)n2)ccc1O. The lowest BCUT2D eigenvalue weighted by molar-refractivity contribution is 0.471. The highest BCUT2D eigenvalue weighted by Crippen LogP contribution is 2.25. The van der Waals surface area contributed by atoms with Crippen molar-refractivity contribution in [3.05, 3.63) is 70.6 Å². The molecule has 22 heavy (non-hydrogen) atoms. The molecule has 0 saturated carbocycles. The Morgan fingerprint density at radius 1 is 1.09 bits per heavy atom. The fourth-order valence-corrected chi connectivity index (χ4v) is 2.16. The number of hydrogen-bond donors (Lipinski definition) is 3. The number of aromatic nitrogens is 2. The van der Waals surface area contributed by atoms with Crippen LogP contribution in [0.4, 0.5) is 11.5 Å². The largest absolute Gasteiger partial charge is 0.508 e. The number of benzene rings is 2. The van der Waals surface area contributed by atoms with Crippen LogP contribution in [0.25, 0.3) is 11.3 Å². The van der Waals surface area contributed by atoms with E-state index in [9.17, 15) is 9.90 Å². The lowest BCUT2D eigenvalue weighted by Crippen LogP contribution is -2.13. The van der Waals surface area contributed by atoms with Gasteiger partial charge in [-0.1, -0.05) is 18.2 Å². The maximum Gasteiger partial charge on any atom is 0.347 e. The standard InChI is InChI=1S/C17H15N3O2/c1-11-9-12(7-8-15(11)21)14-10-16(20-17(22)19-14)18-13-5-3-2-4-6-13/h2-10,21H,1H3,(H2,18,19,20,22). The number of para-hydroxylation sites is 1. The van der Waals surface area contributed by atoms with Crippen LogP contribution in [-0.2, 0) is 0 Å². The molecule has 3 rings (SSSR count). The molecule has 0 aliphatic heterocycles. The maximum absolute atomic E-state index is 11.8. The Labute approximate surface area is 127 Å². The number of nitrogens with one attached hydrogen (secondary N) is 2. The van der Waals surface area contributed by atoms with Crippen LogP contribution in [0.5, 0.6) is 5.75 Å². The lowest BCUT2D eigenvalue weighted by atomic mass is 10.1. The Morgan fingerprint density at radius 3 is 2.59 bits per heavy atom.